The quantitative estimate of drug-likeness (QED) is 0.105. The first-order valence-electron chi connectivity index (χ1n) is 13.2. The maximum absolute atomic E-state index is 12.7. The van der Waals surface area contributed by atoms with E-state index < -0.39 is 17.6 Å². The molecule has 0 fully saturated rings. The molecule has 0 bridgehead atoms. The molecular formula is C29H40Cl2N2O6. The molecule has 1 aromatic heterocycles. The van der Waals surface area contributed by atoms with E-state index in [1.807, 2.05) is 0 Å². The van der Waals surface area contributed by atoms with Gasteiger partial charge in [0, 0.05) is 18.5 Å². The van der Waals surface area contributed by atoms with E-state index in [9.17, 15) is 14.4 Å². The van der Waals surface area contributed by atoms with E-state index >= 15 is 0 Å². The minimum atomic E-state index is -0.580. The Hall–Kier alpha value is -2.65. The van der Waals surface area contributed by atoms with Gasteiger partial charge in [-0.2, -0.15) is 0 Å². The Bertz CT molecular complexity index is 1270. The third kappa shape index (κ3) is 9.21. The predicted molar refractivity (Wildman–Crippen MR) is 160 cm³/mol. The van der Waals surface area contributed by atoms with Gasteiger partial charge in [0.25, 0.3) is 0 Å². The monoisotopic (exact) mass is 582 g/mol. The van der Waals surface area contributed by atoms with Crippen LogP contribution < -0.4 is 5.63 Å². The lowest BCUT2D eigenvalue weighted by Gasteiger charge is -2.17. The molecule has 0 aliphatic carbocycles. The van der Waals surface area contributed by atoms with Crippen LogP contribution in [0.25, 0.3) is 21.7 Å². The molecule has 0 unspecified atom stereocenters. The van der Waals surface area contributed by atoms with E-state index in [4.69, 9.17) is 13.9 Å². The molecule has 0 radical (unpaired) electrons. The third-order valence-corrected chi connectivity index (χ3v) is 6.68. The summed E-state index contributed by atoms with van der Waals surface area (Å²) in [5.74, 6) is -0.927. The van der Waals surface area contributed by atoms with Crippen molar-refractivity contribution in [3.05, 3.63) is 57.9 Å². The molecule has 0 amide bonds. The zero-order chi connectivity index (χ0) is 26.8. The molecule has 1 heterocycles. The molecule has 0 aliphatic heterocycles. The van der Waals surface area contributed by atoms with Crippen LogP contribution in [0.15, 0.2) is 45.6 Å². The summed E-state index contributed by atoms with van der Waals surface area (Å²) in [5, 5.41) is 1.60. The molecule has 10 heteroatoms. The maximum Gasteiger partial charge on any atom is 0.344 e. The van der Waals surface area contributed by atoms with Crippen LogP contribution >= 0.6 is 24.8 Å². The number of rotatable bonds is 14. The highest BCUT2D eigenvalue weighted by Crippen LogP contribution is 2.25. The molecule has 0 spiro atoms. The predicted octanol–water partition coefficient (Wildman–Crippen LogP) is 5.57. The van der Waals surface area contributed by atoms with E-state index in [1.165, 1.54) is 12.1 Å². The fraction of sp³-hybridized carbons (Fsp3) is 0.483. The van der Waals surface area contributed by atoms with Crippen LogP contribution in [0, 0.1) is 0 Å². The second-order valence-corrected chi connectivity index (χ2v) is 8.89. The van der Waals surface area contributed by atoms with Crippen LogP contribution in [0.5, 0.6) is 0 Å². The number of hydrogen-bond donors (Lipinski definition) is 0. The van der Waals surface area contributed by atoms with Crippen molar-refractivity contribution >= 4 is 58.5 Å². The minimum Gasteiger partial charge on any atom is -0.462 e. The first kappa shape index (κ1) is 34.4. The van der Waals surface area contributed by atoms with Gasteiger partial charge in [-0.25, -0.2) is 14.4 Å². The van der Waals surface area contributed by atoms with Crippen molar-refractivity contribution in [2.75, 3.05) is 52.5 Å². The molecule has 0 atom stereocenters. The molecular weight excluding hydrogens is 543 g/mol. The Morgan fingerprint density at radius 1 is 0.692 bits per heavy atom. The van der Waals surface area contributed by atoms with Crippen LogP contribution in [0.1, 0.15) is 61.3 Å². The van der Waals surface area contributed by atoms with Gasteiger partial charge < -0.3 is 23.7 Å². The van der Waals surface area contributed by atoms with Gasteiger partial charge in [0.1, 0.15) is 5.58 Å². The van der Waals surface area contributed by atoms with Crippen LogP contribution in [0.3, 0.4) is 0 Å². The summed E-state index contributed by atoms with van der Waals surface area (Å²) in [5.41, 5.74) is 0.333. The van der Waals surface area contributed by atoms with Crippen molar-refractivity contribution in [1.82, 2.24) is 9.80 Å². The lowest BCUT2D eigenvalue weighted by Crippen LogP contribution is -2.25. The summed E-state index contributed by atoms with van der Waals surface area (Å²) in [6, 6.07) is 9.79. The zero-order valence-corrected chi connectivity index (χ0v) is 24.8. The van der Waals surface area contributed by atoms with E-state index in [1.54, 1.807) is 24.3 Å². The molecule has 0 saturated carbocycles. The number of esters is 2. The second-order valence-electron chi connectivity index (χ2n) is 8.89. The number of ether oxygens (including phenoxy) is 2. The van der Waals surface area contributed by atoms with Crippen molar-refractivity contribution in [3.63, 3.8) is 0 Å². The smallest absolute Gasteiger partial charge is 0.344 e. The van der Waals surface area contributed by atoms with E-state index in [0.717, 1.165) is 52.1 Å². The highest BCUT2D eigenvalue weighted by atomic mass is 35.5. The van der Waals surface area contributed by atoms with E-state index in [-0.39, 0.29) is 30.2 Å². The van der Waals surface area contributed by atoms with Crippen LogP contribution in [0.4, 0.5) is 0 Å². The minimum absolute atomic E-state index is 0. The average molecular weight is 584 g/mol. The van der Waals surface area contributed by atoms with Crippen molar-refractivity contribution in [2.24, 2.45) is 0 Å². The van der Waals surface area contributed by atoms with E-state index in [0.29, 0.717) is 40.7 Å². The van der Waals surface area contributed by atoms with Gasteiger partial charge in [0.05, 0.1) is 29.7 Å². The second kappa shape index (κ2) is 17.1. The first-order chi connectivity index (χ1) is 17.9. The van der Waals surface area contributed by atoms with Crippen LogP contribution in [0.2, 0.25) is 0 Å². The lowest BCUT2D eigenvalue weighted by atomic mass is 10.0. The largest absolute Gasteiger partial charge is 0.462 e. The molecule has 3 aromatic rings. The molecule has 0 N–H and O–H groups in total. The molecule has 0 saturated heterocycles. The lowest BCUT2D eigenvalue weighted by molar-refractivity contribution is 0.0480. The number of carbonyl (C=O) groups is 2. The summed E-state index contributed by atoms with van der Waals surface area (Å²) in [7, 11) is 0. The Balaban J connectivity index is 0.00000380. The number of hydrogen-bond acceptors (Lipinski definition) is 8. The van der Waals surface area contributed by atoms with Gasteiger partial charge >= 0.3 is 17.6 Å². The summed E-state index contributed by atoms with van der Waals surface area (Å²) in [4.78, 5) is 42.3. The Kier molecular flexibility index (Phi) is 15.1. The van der Waals surface area contributed by atoms with Gasteiger partial charge in [0.15, 0.2) is 0 Å². The zero-order valence-electron chi connectivity index (χ0n) is 23.2. The molecule has 216 valence electrons. The van der Waals surface area contributed by atoms with Crippen molar-refractivity contribution in [2.45, 2.75) is 40.5 Å². The van der Waals surface area contributed by atoms with Gasteiger partial charge in [-0.15, -0.1) is 24.8 Å². The van der Waals surface area contributed by atoms with Gasteiger partial charge in [-0.05, 0) is 74.7 Å². The average Bonchev–Trinajstić information content (AvgIpc) is 2.92. The third-order valence-electron chi connectivity index (χ3n) is 6.68. The Labute approximate surface area is 242 Å². The van der Waals surface area contributed by atoms with Crippen LogP contribution in [-0.4, -0.2) is 74.2 Å². The molecule has 2 aromatic carbocycles. The Morgan fingerprint density at radius 3 is 1.64 bits per heavy atom. The van der Waals surface area contributed by atoms with Crippen LogP contribution in [-0.2, 0) is 9.47 Å². The number of benzene rings is 2. The molecule has 3 rings (SSSR count). The highest BCUT2D eigenvalue weighted by Gasteiger charge is 2.15. The first-order valence-corrected chi connectivity index (χ1v) is 13.2. The Morgan fingerprint density at radius 2 is 1.15 bits per heavy atom. The fourth-order valence-electron chi connectivity index (χ4n) is 4.34. The summed E-state index contributed by atoms with van der Waals surface area (Å²) >= 11 is 0. The van der Waals surface area contributed by atoms with Gasteiger partial charge in [-0.3, -0.25) is 0 Å². The van der Waals surface area contributed by atoms with Crippen molar-refractivity contribution in [3.8, 4) is 0 Å². The SMILES string of the molecule is CCN(CC)CCCOC(=O)c1ccc2c(c1)oc(=O)c1cc(C(=O)OCCCN(CC)CC)ccc12.Cl.Cl. The highest BCUT2D eigenvalue weighted by molar-refractivity contribution is 6.07. The topological polar surface area (TPSA) is 89.3 Å². The van der Waals surface area contributed by atoms with E-state index in [2.05, 4.69) is 37.5 Å². The number of carbonyl (C=O) groups excluding carboxylic acids is 2. The summed E-state index contributed by atoms with van der Waals surface area (Å²) in [6.45, 7) is 14.6. The van der Waals surface area contributed by atoms with Crippen molar-refractivity contribution in [1.29, 1.82) is 0 Å². The number of nitrogens with zero attached hydrogens (tertiary/aromatic N) is 2. The molecule has 0 aliphatic rings. The number of fused-ring (bicyclic) bond motifs is 3. The standard InChI is InChI=1S/C29H38N2O6.2ClH/c1-5-30(6-2)15-9-17-35-27(32)21-11-13-23-24-14-12-22(20-26(24)37-29(34)25(23)19-21)28(33)36-18-10-16-31(7-3)8-4;;/h11-14,19-20H,5-10,15-18H2,1-4H3;2*1H. The normalized spacial score (nSPS) is 10.9. The molecule has 8 nitrogen and oxygen atoms in total. The van der Waals surface area contributed by atoms with Gasteiger partial charge in [0.2, 0.25) is 0 Å². The number of halogens is 2. The van der Waals surface area contributed by atoms with Gasteiger partial charge in [-0.1, -0.05) is 33.8 Å². The summed E-state index contributed by atoms with van der Waals surface area (Å²) < 4.78 is 16.3. The maximum atomic E-state index is 12.7. The molecule has 39 heavy (non-hydrogen) atoms. The van der Waals surface area contributed by atoms with Crippen molar-refractivity contribution < 1.29 is 23.5 Å². The summed E-state index contributed by atoms with van der Waals surface area (Å²) in [6.07, 6.45) is 1.50. The fourth-order valence-corrected chi connectivity index (χ4v) is 4.34.